The maximum Gasteiger partial charge on any atom is 0.411 e. The van der Waals surface area contributed by atoms with Gasteiger partial charge in [0, 0.05) is 23.1 Å². The fourth-order valence-corrected chi connectivity index (χ4v) is 1.84. The molecule has 2 amide bonds. The SMILES string of the molecule is COC(=O)Nc1cccc(NC(=O)CCCCBr)c1. The summed E-state index contributed by atoms with van der Waals surface area (Å²) in [6.07, 6.45) is 1.76. The Balaban J connectivity index is 2.52. The highest BCUT2D eigenvalue weighted by Crippen LogP contribution is 2.15. The van der Waals surface area contributed by atoms with E-state index in [4.69, 9.17) is 0 Å². The van der Waals surface area contributed by atoms with Crippen LogP contribution in [0.5, 0.6) is 0 Å². The average Bonchev–Trinajstić information content (AvgIpc) is 2.39. The summed E-state index contributed by atoms with van der Waals surface area (Å²) in [7, 11) is 1.30. The van der Waals surface area contributed by atoms with Gasteiger partial charge >= 0.3 is 6.09 Å². The van der Waals surface area contributed by atoms with Crippen molar-refractivity contribution in [3.05, 3.63) is 24.3 Å². The Labute approximate surface area is 120 Å². The number of unbranched alkanes of at least 4 members (excludes halogenated alkanes) is 1. The first kappa shape index (κ1) is 15.5. The van der Waals surface area contributed by atoms with Crippen LogP contribution >= 0.6 is 15.9 Å². The zero-order valence-electron chi connectivity index (χ0n) is 10.7. The van der Waals surface area contributed by atoms with Gasteiger partial charge in [-0.2, -0.15) is 0 Å². The molecule has 0 atom stereocenters. The zero-order chi connectivity index (χ0) is 14.1. The number of carbonyl (C=O) groups is 2. The van der Waals surface area contributed by atoms with Crippen molar-refractivity contribution in [2.45, 2.75) is 19.3 Å². The minimum Gasteiger partial charge on any atom is -0.453 e. The van der Waals surface area contributed by atoms with E-state index in [1.165, 1.54) is 7.11 Å². The highest BCUT2D eigenvalue weighted by molar-refractivity contribution is 9.09. The Kier molecular flexibility index (Phi) is 6.95. The molecule has 2 N–H and O–H groups in total. The van der Waals surface area contributed by atoms with Gasteiger partial charge in [-0.25, -0.2) is 4.79 Å². The van der Waals surface area contributed by atoms with E-state index >= 15 is 0 Å². The van der Waals surface area contributed by atoms with Crippen molar-refractivity contribution in [3.8, 4) is 0 Å². The lowest BCUT2D eigenvalue weighted by molar-refractivity contribution is -0.116. The Morgan fingerprint density at radius 3 is 2.53 bits per heavy atom. The summed E-state index contributed by atoms with van der Waals surface area (Å²) in [5, 5.41) is 6.23. The van der Waals surface area contributed by atoms with Crippen LogP contribution in [0, 0.1) is 0 Å². The van der Waals surface area contributed by atoms with Crippen LogP contribution in [-0.4, -0.2) is 24.4 Å². The van der Waals surface area contributed by atoms with Crippen molar-refractivity contribution < 1.29 is 14.3 Å². The predicted molar refractivity (Wildman–Crippen MR) is 78.7 cm³/mol. The minimum absolute atomic E-state index is 0.0313. The summed E-state index contributed by atoms with van der Waals surface area (Å²) in [5.74, 6) is -0.0313. The van der Waals surface area contributed by atoms with Crippen molar-refractivity contribution in [2.75, 3.05) is 23.1 Å². The highest BCUT2D eigenvalue weighted by atomic mass is 79.9. The molecule has 0 spiro atoms. The van der Waals surface area contributed by atoms with Crippen LogP contribution in [0.25, 0.3) is 0 Å². The molecule has 0 saturated heterocycles. The third-order valence-electron chi connectivity index (χ3n) is 2.37. The van der Waals surface area contributed by atoms with E-state index < -0.39 is 6.09 Å². The molecule has 0 radical (unpaired) electrons. The van der Waals surface area contributed by atoms with Crippen LogP contribution in [0.1, 0.15) is 19.3 Å². The number of amides is 2. The van der Waals surface area contributed by atoms with Crippen LogP contribution in [0.2, 0.25) is 0 Å². The van der Waals surface area contributed by atoms with Crippen LogP contribution < -0.4 is 10.6 Å². The van der Waals surface area contributed by atoms with Crippen LogP contribution in [-0.2, 0) is 9.53 Å². The maximum atomic E-state index is 11.6. The molecule has 0 aliphatic rings. The number of hydrogen-bond acceptors (Lipinski definition) is 3. The topological polar surface area (TPSA) is 67.4 Å². The van der Waals surface area contributed by atoms with Crippen molar-refractivity contribution >= 4 is 39.3 Å². The van der Waals surface area contributed by atoms with Gasteiger partial charge in [-0.05, 0) is 31.0 Å². The summed E-state index contributed by atoms with van der Waals surface area (Å²) >= 11 is 3.32. The van der Waals surface area contributed by atoms with E-state index in [0.29, 0.717) is 17.8 Å². The summed E-state index contributed by atoms with van der Waals surface area (Å²) in [4.78, 5) is 22.7. The highest BCUT2D eigenvalue weighted by Gasteiger charge is 2.04. The number of nitrogens with one attached hydrogen (secondary N) is 2. The van der Waals surface area contributed by atoms with Crippen molar-refractivity contribution in [1.82, 2.24) is 0 Å². The summed E-state index contributed by atoms with van der Waals surface area (Å²) < 4.78 is 4.50. The number of halogens is 1. The minimum atomic E-state index is -0.541. The Hall–Kier alpha value is -1.56. The largest absolute Gasteiger partial charge is 0.453 e. The van der Waals surface area contributed by atoms with Crippen molar-refractivity contribution in [1.29, 1.82) is 0 Å². The molecular weight excluding hydrogens is 312 g/mol. The number of ether oxygens (including phenoxy) is 1. The lowest BCUT2D eigenvalue weighted by atomic mass is 10.2. The lowest BCUT2D eigenvalue weighted by Crippen LogP contribution is -2.13. The number of anilines is 2. The predicted octanol–water partition coefficient (Wildman–Crippen LogP) is 3.37. The fourth-order valence-electron chi connectivity index (χ4n) is 1.45. The molecule has 0 unspecified atom stereocenters. The molecule has 0 fully saturated rings. The van der Waals surface area contributed by atoms with E-state index in [-0.39, 0.29) is 5.91 Å². The third-order valence-corrected chi connectivity index (χ3v) is 2.93. The summed E-state index contributed by atoms with van der Waals surface area (Å²) in [5.41, 5.74) is 1.22. The van der Waals surface area contributed by atoms with E-state index in [1.807, 2.05) is 0 Å². The summed E-state index contributed by atoms with van der Waals surface area (Å²) in [6.45, 7) is 0. The van der Waals surface area contributed by atoms with Gasteiger partial charge in [0.15, 0.2) is 0 Å². The standard InChI is InChI=1S/C13H17BrN2O3/c1-19-13(18)16-11-6-4-5-10(9-11)15-12(17)7-2-3-8-14/h4-6,9H,2-3,7-8H2,1H3,(H,15,17)(H,16,18). The number of alkyl halides is 1. The van der Waals surface area contributed by atoms with Gasteiger partial charge in [0.2, 0.25) is 5.91 Å². The molecule has 19 heavy (non-hydrogen) atoms. The number of hydrogen-bond donors (Lipinski definition) is 2. The molecule has 6 heteroatoms. The lowest BCUT2D eigenvalue weighted by Gasteiger charge is -2.08. The van der Waals surface area contributed by atoms with Gasteiger partial charge in [-0.3, -0.25) is 10.1 Å². The van der Waals surface area contributed by atoms with Gasteiger partial charge in [0.25, 0.3) is 0 Å². The van der Waals surface area contributed by atoms with Crippen LogP contribution in [0.15, 0.2) is 24.3 Å². The van der Waals surface area contributed by atoms with Gasteiger partial charge in [-0.1, -0.05) is 22.0 Å². The second-order valence-electron chi connectivity index (χ2n) is 3.89. The Bertz CT molecular complexity index is 438. The van der Waals surface area contributed by atoms with Gasteiger partial charge < -0.3 is 10.1 Å². The molecule has 1 aromatic rings. The van der Waals surface area contributed by atoms with Gasteiger partial charge in [0.1, 0.15) is 0 Å². The quantitative estimate of drug-likeness (QED) is 0.621. The van der Waals surface area contributed by atoms with E-state index in [1.54, 1.807) is 24.3 Å². The van der Waals surface area contributed by atoms with Crippen LogP contribution in [0.3, 0.4) is 0 Å². The van der Waals surface area contributed by atoms with Crippen molar-refractivity contribution in [2.24, 2.45) is 0 Å². The van der Waals surface area contributed by atoms with Gasteiger partial charge in [-0.15, -0.1) is 0 Å². The van der Waals surface area contributed by atoms with E-state index in [2.05, 4.69) is 31.3 Å². The summed E-state index contributed by atoms with van der Waals surface area (Å²) in [6, 6.07) is 6.92. The molecule has 1 aromatic carbocycles. The molecule has 1 rings (SSSR count). The average molecular weight is 329 g/mol. The molecule has 0 aliphatic heterocycles. The molecule has 104 valence electrons. The molecule has 0 saturated carbocycles. The van der Waals surface area contributed by atoms with Crippen molar-refractivity contribution in [3.63, 3.8) is 0 Å². The Morgan fingerprint density at radius 2 is 1.89 bits per heavy atom. The maximum absolute atomic E-state index is 11.6. The first-order chi connectivity index (χ1) is 9.15. The van der Waals surface area contributed by atoms with E-state index in [0.717, 1.165) is 18.2 Å². The third kappa shape index (κ3) is 6.24. The second-order valence-corrected chi connectivity index (χ2v) is 4.68. The smallest absolute Gasteiger partial charge is 0.411 e. The Morgan fingerprint density at radius 1 is 1.21 bits per heavy atom. The number of rotatable bonds is 6. The van der Waals surface area contributed by atoms with Crippen LogP contribution in [0.4, 0.5) is 16.2 Å². The molecule has 0 aliphatic carbocycles. The van der Waals surface area contributed by atoms with E-state index in [9.17, 15) is 9.59 Å². The zero-order valence-corrected chi connectivity index (χ0v) is 12.3. The fraction of sp³-hybridized carbons (Fsp3) is 0.385. The molecule has 0 bridgehead atoms. The first-order valence-electron chi connectivity index (χ1n) is 5.96. The number of carbonyl (C=O) groups excluding carboxylic acids is 2. The van der Waals surface area contributed by atoms with Gasteiger partial charge in [0.05, 0.1) is 7.11 Å². The second kappa shape index (κ2) is 8.53. The molecule has 0 aromatic heterocycles. The molecule has 5 nitrogen and oxygen atoms in total. The normalized spacial score (nSPS) is 9.79. The monoisotopic (exact) mass is 328 g/mol. The first-order valence-corrected chi connectivity index (χ1v) is 7.08. The molecule has 0 heterocycles. The number of benzene rings is 1. The number of methoxy groups -OCH3 is 1. The molecular formula is C13H17BrN2O3.